The van der Waals surface area contributed by atoms with E-state index in [2.05, 4.69) is 60.8 Å². The summed E-state index contributed by atoms with van der Waals surface area (Å²) in [4.78, 5) is 34.2. The maximum absolute atomic E-state index is 13.8. The molecular weight excluding hydrogens is 556 g/mol. The Morgan fingerprint density at radius 1 is 0.977 bits per heavy atom. The van der Waals surface area contributed by atoms with Crippen LogP contribution < -0.4 is 20.5 Å². The molecule has 5 rings (SSSR count). The monoisotopic (exact) mass is 608 g/mol. The Labute approximate surface area is 262 Å². The van der Waals surface area contributed by atoms with Crippen LogP contribution in [-0.4, -0.2) is 78.0 Å². The quantitative estimate of drug-likeness (QED) is 0.412. The van der Waals surface area contributed by atoms with Gasteiger partial charge in [0.05, 0.1) is 24.4 Å². The Morgan fingerprint density at radius 3 is 2.23 bits per heavy atom. The molecule has 0 radical (unpaired) electrons. The van der Waals surface area contributed by atoms with Gasteiger partial charge in [-0.15, -0.1) is 0 Å². The molecule has 44 heavy (non-hydrogen) atoms. The molecule has 0 bridgehead atoms. The first-order valence-corrected chi connectivity index (χ1v) is 16.5. The van der Waals surface area contributed by atoms with Crippen molar-refractivity contribution in [3.63, 3.8) is 0 Å². The van der Waals surface area contributed by atoms with E-state index in [0.717, 1.165) is 73.6 Å². The van der Waals surface area contributed by atoms with Crippen molar-refractivity contribution in [1.29, 1.82) is 0 Å². The van der Waals surface area contributed by atoms with Gasteiger partial charge in [-0.05, 0) is 91.5 Å². The molecule has 0 unspecified atom stereocenters. The molecule has 3 aliphatic rings. The van der Waals surface area contributed by atoms with Crippen LogP contribution in [0.2, 0.25) is 0 Å². The van der Waals surface area contributed by atoms with Gasteiger partial charge in [-0.2, -0.15) is 0 Å². The van der Waals surface area contributed by atoms with E-state index in [1.165, 1.54) is 0 Å². The van der Waals surface area contributed by atoms with E-state index in [4.69, 9.17) is 14.2 Å². The number of anilines is 1. The molecule has 9 heteroatoms. The van der Waals surface area contributed by atoms with E-state index in [1.807, 2.05) is 32.9 Å². The lowest BCUT2D eigenvalue weighted by molar-refractivity contribution is -0.103. The summed E-state index contributed by atoms with van der Waals surface area (Å²) >= 11 is 0. The molecule has 2 aliphatic heterocycles. The lowest BCUT2D eigenvalue weighted by atomic mass is 9.87. The van der Waals surface area contributed by atoms with Crippen LogP contribution in [0.15, 0.2) is 23.0 Å². The second kappa shape index (κ2) is 13.6. The highest BCUT2D eigenvalue weighted by Gasteiger charge is 2.38. The van der Waals surface area contributed by atoms with Crippen molar-refractivity contribution in [2.24, 2.45) is 0 Å². The highest BCUT2D eigenvalue weighted by Crippen LogP contribution is 2.37. The third kappa shape index (κ3) is 7.32. The molecule has 0 spiro atoms. The number of pyridine rings is 1. The number of amides is 1. The molecule has 3 fully saturated rings. The van der Waals surface area contributed by atoms with Crippen LogP contribution in [0.5, 0.6) is 5.75 Å². The van der Waals surface area contributed by atoms with Crippen molar-refractivity contribution in [1.82, 2.24) is 15.2 Å². The van der Waals surface area contributed by atoms with Crippen LogP contribution in [0.4, 0.5) is 5.69 Å². The fourth-order valence-electron chi connectivity index (χ4n) is 7.53. The highest BCUT2D eigenvalue weighted by atomic mass is 16.5. The van der Waals surface area contributed by atoms with Gasteiger partial charge in [0.15, 0.2) is 0 Å². The predicted molar refractivity (Wildman–Crippen MR) is 174 cm³/mol. The summed E-state index contributed by atoms with van der Waals surface area (Å²) in [5, 5.41) is 3.03. The molecule has 1 saturated carbocycles. The summed E-state index contributed by atoms with van der Waals surface area (Å²) in [7, 11) is 0. The van der Waals surface area contributed by atoms with Gasteiger partial charge in [0, 0.05) is 79.7 Å². The Balaban J connectivity index is 1.39. The first-order valence-electron chi connectivity index (χ1n) is 16.5. The molecule has 242 valence electrons. The highest BCUT2D eigenvalue weighted by molar-refractivity contribution is 5.97. The number of carbonyl (C=O) groups excluding carboxylic acids is 1. The van der Waals surface area contributed by atoms with E-state index < -0.39 is 0 Å². The van der Waals surface area contributed by atoms with Crippen LogP contribution in [-0.2, 0) is 16.0 Å². The van der Waals surface area contributed by atoms with Crippen LogP contribution in [0.1, 0.15) is 93.0 Å². The summed E-state index contributed by atoms with van der Waals surface area (Å²) in [6.45, 7) is 19.4. The SMILES string of the molecule is CCN(c1cc(OC2CC(N3C[C@@H](C)O[C@@H](C)C3)C2)cc(C(=O)NCc2c(C)cc(C)[nH]c2=O)c1C)[C@@H]1C[C@@H](C)O[C@@H](C)C1. The Bertz CT molecular complexity index is 1370. The average molecular weight is 609 g/mol. The van der Waals surface area contributed by atoms with Crippen molar-refractivity contribution in [3.05, 3.63) is 56.5 Å². The number of aromatic nitrogens is 1. The number of hydrogen-bond acceptors (Lipinski definition) is 7. The molecular formula is C35H52N4O5. The number of aryl methyl sites for hydroxylation is 2. The van der Waals surface area contributed by atoms with Gasteiger partial charge >= 0.3 is 0 Å². The standard InChI is InChI=1S/C35H52N4O5/c1-9-39(28-11-22(4)42-23(5)12-28)33-16-30(44-29-13-27(14-29)38-18-24(6)43-25(7)19-38)15-31(26(33)8)34(40)36-17-32-20(2)10-21(3)37-35(32)41/h10,15-16,22-25,27-29H,9,11-14,17-19H2,1-8H3,(H,36,40)(H,37,41)/t22-,23+,24-,25+,27?,28-,29?. The maximum Gasteiger partial charge on any atom is 0.253 e. The fourth-order valence-corrected chi connectivity index (χ4v) is 7.53. The van der Waals surface area contributed by atoms with Gasteiger partial charge in [-0.3, -0.25) is 14.5 Å². The second-order valence-corrected chi connectivity index (χ2v) is 13.5. The van der Waals surface area contributed by atoms with Gasteiger partial charge < -0.3 is 29.4 Å². The summed E-state index contributed by atoms with van der Waals surface area (Å²) in [5.74, 6) is 0.514. The van der Waals surface area contributed by atoms with Crippen LogP contribution in [0.3, 0.4) is 0 Å². The van der Waals surface area contributed by atoms with E-state index in [0.29, 0.717) is 23.2 Å². The zero-order valence-electron chi connectivity index (χ0n) is 27.9. The summed E-state index contributed by atoms with van der Waals surface area (Å²) in [5.41, 5.74) is 4.60. The Morgan fingerprint density at radius 2 is 1.61 bits per heavy atom. The van der Waals surface area contributed by atoms with E-state index >= 15 is 0 Å². The predicted octanol–water partition coefficient (Wildman–Crippen LogP) is 5.03. The summed E-state index contributed by atoms with van der Waals surface area (Å²) in [6.07, 6.45) is 4.73. The lowest BCUT2D eigenvalue weighted by Gasteiger charge is -2.47. The van der Waals surface area contributed by atoms with Gasteiger partial charge in [-0.25, -0.2) is 0 Å². The van der Waals surface area contributed by atoms with E-state index in [-0.39, 0.29) is 48.5 Å². The van der Waals surface area contributed by atoms with Crippen LogP contribution in [0.25, 0.3) is 0 Å². The zero-order valence-corrected chi connectivity index (χ0v) is 27.9. The number of H-pyrrole nitrogens is 1. The van der Waals surface area contributed by atoms with E-state index in [9.17, 15) is 9.59 Å². The molecule has 3 heterocycles. The zero-order chi connectivity index (χ0) is 31.7. The number of nitrogens with zero attached hydrogens (tertiary/aromatic N) is 2. The number of nitrogens with one attached hydrogen (secondary N) is 2. The molecule has 2 aromatic rings. The Kier molecular flexibility index (Phi) is 10.1. The number of benzene rings is 1. The fraction of sp³-hybridized carbons (Fsp3) is 0.657. The summed E-state index contributed by atoms with van der Waals surface area (Å²) in [6, 6.07) is 6.74. The lowest BCUT2D eigenvalue weighted by Crippen LogP contribution is -2.56. The molecule has 2 saturated heterocycles. The molecule has 1 amide bonds. The molecule has 1 aromatic heterocycles. The largest absolute Gasteiger partial charge is 0.490 e. The number of aromatic amines is 1. The number of rotatable bonds is 9. The number of hydrogen-bond donors (Lipinski definition) is 2. The average Bonchev–Trinajstić information content (AvgIpc) is 2.90. The van der Waals surface area contributed by atoms with Gasteiger partial charge in [0.2, 0.25) is 0 Å². The molecule has 9 nitrogen and oxygen atoms in total. The van der Waals surface area contributed by atoms with Crippen LogP contribution >= 0.6 is 0 Å². The Hall–Kier alpha value is -2.88. The number of carbonyl (C=O) groups is 1. The van der Waals surface area contributed by atoms with Crippen LogP contribution in [0, 0.1) is 20.8 Å². The third-order valence-electron chi connectivity index (χ3n) is 9.62. The smallest absolute Gasteiger partial charge is 0.253 e. The molecule has 1 aliphatic carbocycles. The number of morpholine rings is 1. The minimum absolute atomic E-state index is 0.104. The second-order valence-electron chi connectivity index (χ2n) is 13.5. The van der Waals surface area contributed by atoms with Gasteiger partial charge in [0.1, 0.15) is 11.9 Å². The normalized spacial score (nSPS) is 29.1. The van der Waals surface area contributed by atoms with Crippen molar-refractivity contribution < 1.29 is 19.0 Å². The van der Waals surface area contributed by atoms with Crippen molar-refractivity contribution in [3.8, 4) is 5.75 Å². The first-order chi connectivity index (χ1) is 20.9. The van der Waals surface area contributed by atoms with Gasteiger partial charge in [-0.1, -0.05) is 0 Å². The topological polar surface area (TPSA) is 96.1 Å². The molecule has 5 atom stereocenters. The minimum atomic E-state index is -0.207. The first kappa shape index (κ1) is 32.5. The summed E-state index contributed by atoms with van der Waals surface area (Å²) < 4.78 is 18.6. The molecule has 1 aromatic carbocycles. The third-order valence-corrected chi connectivity index (χ3v) is 9.62. The minimum Gasteiger partial charge on any atom is -0.490 e. The van der Waals surface area contributed by atoms with E-state index in [1.54, 1.807) is 0 Å². The van der Waals surface area contributed by atoms with Gasteiger partial charge in [0.25, 0.3) is 11.5 Å². The van der Waals surface area contributed by atoms with Crippen molar-refractivity contribution in [2.75, 3.05) is 24.5 Å². The maximum atomic E-state index is 13.8. The molecule has 2 N–H and O–H groups in total. The van der Waals surface area contributed by atoms with Crippen molar-refractivity contribution in [2.45, 2.75) is 130 Å². The number of ether oxygens (including phenoxy) is 3. The van der Waals surface area contributed by atoms with Crippen molar-refractivity contribution >= 4 is 11.6 Å².